The standard InChI is InChI=1S/C17H18ClNO5S/c1-12-3-5-13(6-4-12)24-10-9-19-25(21,22)14-7-8-16(18)15(11-14)17(20)23-2/h3-8,11,19H,9-10H2,1-2H3. The van der Waals surface area contributed by atoms with Gasteiger partial charge in [0.2, 0.25) is 10.0 Å². The second-order valence-electron chi connectivity index (χ2n) is 5.19. The fourth-order valence-corrected chi connectivity index (χ4v) is 3.23. The summed E-state index contributed by atoms with van der Waals surface area (Å²) < 4.78 is 37.1. The predicted molar refractivity (Wildman–Crippen MR) is 94.7 cm³/mol. The van der Waals surface area contributed by atoms with Gasteiger partial charge in [0.05, 0.1) is 22.6 Å². The summed E-state index contributed by atoms with van der Waals surface area (Å²) in [4.78, 5) is 11.5. The Hall–Kier alpha value is -2.09. The van der Waals surface area contributed by atoms with Crippen molar-refractivity contribution in [2.45, 2.75) is 11.8 Å². The van der Waals surface area contributed by atoms with E-state index in [0.717, 1.165) is 5.56 Å². The maximum atomic E-state index is 12.3. The van der Waals surface area contributed by atoms with Crippen LogP contribution < -0.4 is 9.46 Å². The molecular weight excluding hydrogens is 366 g/mol. The van der Waals surface area contributed by atoms with Crippen LogP contribution in [0.3, 0.4) is 0 Å². The third-order valence-corrected chi connectivity index (χ3v) is 5.13. The van der Waals surface area contributed by atoms with Crippen molar-refractivity contribution in [1.82, 2.24) is 4.72 Å². The molecule has 0 unspecified atom stereocenters. The van der Waals surface area contributed by atoms with Gasteiger partial charge in [0.15, 0.2) is 0 Å². The molecule has 0 aromatic heterocycles. The Morgan fingerprint density at radius 1 is 1.16 bits per heavy atom. The largest absolute Gasteiger partial charge is 0.492 e. The molecule has 8 heteroatoms. The van der Waals surface area contributed by atoms with E-state index in [1.807, 2.05) is 31.2 Å². The van der Waals surface area contributed by atoms with E-state index in [1.165, 1.54) is 25.3 Å². The van der Waals surface area contributed by atoms with E-state index in [4.69, 9.17) is 16.3 Å². The highest BCUT2D eigenvalue weighted by Gasteiger charge is 2.18. The molecule has 0 heterocycles. The summed E-state index contributed by atoms with van der Waals surface area (Å²) in [5.74, 6) is -0.0472. The summed E-state index contributed by atoms with van der Waals surface area (Å²) in [6, 6.07) is 11.3. The van der Waals surface area contributed by atoms with Crippen LogP contribution in [0.1, 0.15) is 15.9 Å². The first-order valence-corrected chi connectivity index (χ1v) is 9.26. The summed E-state index contributed by atoms with van der Waals surface area (Å²) in [5.41, 5.74) is 1.10. The molecular formula is C17H18ClNO5S. The first kappa shape index (κ1) is 19.2. The maximum absolute atomic E-state index is 12.3. The third-order valence-electron chi connectivity index (χ3n) is 3.34. The summed E-state index contributed by atoms with van der Waals surface area (Å²) in [5, 5.41) is 0.119. The lowest BCUT2D eigenvalue weighted by molar-refractivity contribution is 0.0600. The molecule has 0 radical (unpaired) electrons. The maximum Gasteiger partial charge on any atom is 0.339 e. The minimum Gasteiger partial charge on any atom is -0.492 e. The number of benzene rings is 2. The lowest BCUT2D eigenvalue weighted by Crippen LogP contribution is -2.28. The van der Waals surface area contributed by atoms with Crippen LogP contribution in [0.15, 0.2) is 47.4 Å². The molecule has 0 fully saturated rings. The number of halogens is 1. The molecule has 0 atom stereocenters. The number of ether oxygens (including phenoxy) is 2. The number of hydrogen-bond donors (Lipinski definition) is 1. The van der Waals surface area contributed by atoms with Crippen molar-refractivity contribution >= 4 is 27.6 Å². The van der Waals surface area contributed by atoms with Crippen LogP contribution in [0.2, 0.25) is 5.02 Å². The van der Waals surface area contributed by atoms with Crippen molar-refractivity contribution in [1.29, 1.82) is 0 Å². The highest BCUT2D eigenvalue weighted by Crippen LogP contribution is 2.21. The summed E-state index contributed by atoms with van der Waals surface area (Å²) in [7, 11) is -2.60. The number of nitrogens with one attached hydrogen (secondary N) is 1. The molecule has 134 valence electrons. The van der Waals surface area contributed by atoms with Gasteiger partial charge in [-0.3, -0.25) is 0 Å². The molecule has 0 spiro atoms. The van der Waals surface area contributed by atoms with E-state index in [2.05, 4.69) is 9.46 Å². The lowest BCUT2D eigenvalue weighted by Gasteiger charge is -2.10. The third kappa shape index (κ3) is 5.19. The quantitative estimate of drug-likeness (QED) is 0.587. The van der Waals surface area contributed by atoms with Crippen LogP contribution in [-0.2, 0) is 14.8 Å². The van der Waals surface area contributed by atoms with Gasteiger partial charge >= 0.3 is 5.97 Å². The van der Waals surface area contributed by atoms with Crippen molar-refractivity contribution in [3.8, 4) is 5.75 Å². The second-order valence-corrected chi connectivity index (χ2v) is 7.37. The molecule has 2 aromatic carbocycles. The van der Waals surface area contributed by atoms with Crippen LogP contribution in [0.5, 0.6) is 5.75 Å². The molecule has 0 aliphatic carbocycles. The number of carbonyl (C=O) groups excluding carboxylic acids is 1. The Balaban J connectivity index is 1.99. The van der Waals surface area contributed by atoms with Crippen LogP contribution >= 0.6 is 11.6 Å². The van der Waals surface area contributed by atoms with E-state index in [0.29, 0.717) is 5.75 Å². The number of methoxy groups -OCH3 is 1. The van der Waals surface area contributed by atoms with E-state index in [9.17, 15) is 13.2 Å². The fourth-order valence-electron chi connectivity index (χ4n) is 2.00. The van der Waals surface area contributed by atoms with E-state index < -0.39 is 16.0 Å². The minimum atomic E-state index is -3.80. The zero-order valence-electron chi connectivity index (χ0n) is 13.8. The molecule has 0 amide bonds. The van der Waals surface area contributed by atoms with E-state index >= 15 is 0 Å². The molecule has 0 bridgehead atoms. The minimum absolute atomic E-state index is 0.0112. The van der Waals surface area contributed by atoms with E-state index in [-0.39, 0.29) is 28.6 Å². The van der Waals surface area contributed by atoms with Crippen molar-refractivity contribution in [2.75, 3.05) is 20.3 Å². The highest BCUT2D eigenvalue weighted by molar-refractivity contribution is 7.89. The predicted octanol–water partition coefficient (Wildman–Crippen LogP) is 2.79. The van der Waals surface area contributed by atoms with Gasteiger partial charge in [0.25, 0.3) is 0 Å². The van der Waals surface area contributed by atoms with Crippen LogP contribution in [-0.4, -0.2) is 34.6 Å². The number of sulfonamides is 1. The van der Waals surface area contributed by atoms with Gasteiger partial charge in [-0.1, -0.05) is 29.3 Å². The normalized spacial score (nSPS) is 11.2. The molecule has 25 heavy (non-hydrogen) atoms. The van der Waals surface area contributed by atoms with Gasteiger partial charge in [-0.2, -0.15) is 0 Å². The monoisotopic (exact) mass is 383 g/mol. The average molecular weight is 384 g/mol. The average Bonchev–Trinajstić information content (AvgIpc) is 2.60. The zero-order valence-corrected chi connectivity index (χ0v) is 15.4. The molecule has 0 saturated carbocycles. The van der Waals surface area contributed by atoms with Gasteiger partial charge in [0.1, 0.15) is 12.4 Å². The highest BCUT2D eigenvalue weighted by atomic mass is 35.5. The van der Waals surface area contributed by atoms with Gasteiger partial charge in [0, 0.05) is 6.54 Å². The molecule has 6 nitrogen and oxygen atoms in total. The second kappa shape index (κ2) is 8.33. The van der Waals surface area contributed by atoms with Crippen LogP contribution in [0.25, 0.3) is 0 Å². The van der Waals surface area contributed by atoms with Gasteiger partial charge in [-0.05, 0) is 37.3 Å². The summed E-state index contributed by atoms with van der Waals surface area (Å²) in [6.07, 6.45) is 0. The Kier molecular flexibility index (Phi) is 6.41. The Morgan fingerprint density at radius 2 is 1.84 bits per heavy atom. The first-order chi connectivity index (χ1) is 11.8. The van der Waals surface area contributed by atoms with Crippen molar-refractivity contribution in [3.63, 3.8) is 0 Å². The number of aryl methyl sites for hydroxylation is 1. The van der Waals surface area contributed by atoms with Crippen molar-refractivity contribution < 1.29 is 22.7 Å². The first-order valence-electron chi connectivity index (χ1n) is 7.40. The van der Waals surface area contributed by atoms with Crippen molar-refractivity contribution in [3.05, 3.63) is 58.6 Å². The summed E-state index contributed by atoms with van der Waals surface area (Å²) in [6.45, 7) is 2.21. The van der Waals surface area contributed by atoms with Gasteiger partial charge in [-0.15, -0.1) is 0 Å². The molecule has 2 aromatic rings. The smallest absolute Gasteiger partial charge is 0.339 e. The van der Waals surface area contributed by atoms with Crippen LogP contribution in [0, 0.1) is 6.92 Å². The van der Waals surface area contributed by atoms with Gasteiger partial charge in [-0.25, -0.2) is 17.9 Å². The van der Waals surface area contributed by atoms with Crippen LogP contribution in [0.4, 0.5) is 0 Å². The molecule has 0 aliphatic rings. The van der Waals surface area contributed by atoms with Crippen molar-refractivity contribution in [2.24, 2.45) is 0 Å². The van der Waals surface area contributed by atoms with Gasteiger partial charge < -0.3 is 9.47 Å². The number of rotatable bonds is 7. The summed E-state index contributed by atoms with van der Waals surface area (Å²) >= 11 is 5.89. The molecule has 1 N–H and O–H groups in total. The Morgan fingerprint density at radius 3 is 2.48 bits per heavy atom. The molecule has 0 aliphatic heterocycles. The Bertz CT molecular complexity index is 850. The molecule has 2 rings (SSSR count). The van der Waals surface area contributed by atoms with E-state index in [1.54, 1.807) is 0 Å². The number of hydrogen-bond acceptors (Lipinski definition) is 5. The zero-order chi connectivity index (χ0) is 18.4. The lowest BCUT2D eigenvalue weighted by atomic mass is 10.2. The molecule has 0 saturated heterocycles. The fraction of sp³-hybridized carbons (Fsp3) is 0.235. The Labute approximate surface area is 151 Å². The topological polar surface area (TPSA) is 81.7 Å². The number of esters is 1. The number of carbonyl (C=O) groups is 1. The SMILES string of the molecule is COC(=O)c1cc(S(=O)(=O)NCCOc2ccc(C)cc2)ccc1Cl.